The predicted octanol–water partition coefficient (Wildman–Crippen LogP) is 5.25. The Balaban J connectivity index is 2.46. The van der Waals surface area contributed by atoms with Crippen molar-refractivity contribution in [2.24, 2.45) is 0 Å². The SMILES string of the molecule is O=C(CCCCCCl)Oc1ccccc1OC(=O)CCCCCBr. The number of alkyl halides is 2. The number of hydrogen-bond acceptors (Lipinski definition) is 4. The van der Waals surface area contributed by atoms with E-state index in [0.29, 0.717) is 18.7 Å². The van der Waals surface area contributed by atoms with E-state index in [0.717, 1.165) is 43.9 Å². The normalized spacial score (nSPS) is 10.4. The van der Waals surface area contributed by atoms with Crippen LogP contribution in [0, 0.1) is 0 Å². The number of unbranched alkanes of at least 4 members (excludes halogenated alkanes) is 4. The van der Waals surface area contributed by atoms with Crippen LogP contribution in [0.4, 0.5) is 0 Å². The summed E-state index contributed by atoms with van der Waals surface area (Å²) in [5.74, 6) is 0.537. The van der Waals surface area contributed by atoms with E-state index in [-0.39, 0.29) is 23.4 Å². The lowest BCUT2D eigenvalue weighted by Gasteiger charge is -2.10. The van der Waals surface area contributed by atoms with Gasteiger partial charge in [-0.3, -0.25) is 9.59 Å². The minimum atomic E-state index is -0.328. The maximum absolute atomic E-state index is 11.9. The summed E-state index contributed by atoms with van der Waals surface area (Å²) in [4.78, 5) is 23.7. The Morgan fingerprint density at radius 1 is 0.833 bits per heavy atom. The molecule has 0 amide bonds. The molecule has 24 heavy (non-hydrogen) atoms. The largest absolute Gasteiger partial charge is 0.423 e. The molecule has 0 heterocycles. The second-order valence-corrected chi connectivity index (χ2v) is 6.57. The molecule has 0 bridgehead atoms. The van der Waals surface area contributed by atoms with Gasteiger partial charge in [-0.1, -0.05) is 40.9 Å². The number of halogens is 2. The highest BCUT2D eigenvalue weighted by atomic mass is 79.9. The zero-order chi connectivity index (χ0) is 17.6. The van der Waals surface area contributed by atoms with Crippen molar-refractivity contribution in [3.05, 3.63) is 24.3 Å². The van der Waals surface area contributed by atoms with Crippen molar-refractivity contribution in [1.82, 2.24) is 0 Å². The summed E-state index contributed by atoms with van der Waals surface area (Å²) in [5, 5.41) is 0.936. The summed E-state index contributed by atoms with van der Waals surface area (Å²) in [5.41, 5.74) is 0. The van der Waals surface area contributed by atoms with Crippen molar-refractivity contribution >= 4 is 39.5 Å². The Labute approximate surface area is 157 Å². The molecule has 4 nitrogen and oxygen atoms in total. The third-order valence-electron chi connectivity index (χ3n) is 3.33. The standard InChI is InChI=1S/C18H24BrClO4/c19-13-7-1-3-11-17(21)23-15-9-5-6-10-16(15)24-18(22)12-4-2-8-14-20/h5-6,9-10H,1-4,7-8,11-14H2. The average molecular weight is 420 g/mol. The molecule has 1 aromatic rings. The molecule has 0 radical (unpaired) electrons. The summed E-state index contributed by atoms with van der Waals surface area (Å²) >= 11 is 8.96. The van der Waals surface area contributed by atoms with E-state index in [1.807, 2.05) is 0 Å². The van der Waals surface area contributed by atoms with Gasteiger partial charge >= 0.3 is 11.9 Å². The fourth-order valence-corrected chi connectivity index (χ4v) is 2.63. The Bertz CT molecular complexity index is 463. The van der Waals surface area contributed by atoms with Gasteiger partial charge in [-0.05, 0) is 37.8 Å². The van der Waals surface area contributed by atoms with E-state index >= 15 is 0 Å². The van der Waals surface area contributed by atoms with Gasteiger partial charge in [0.25, 0.3) is 0 Å². The van der Waals surface area contributed by atoms with Crippen LogP contribution in [-0.2, 0) is 9.59 Å². The lowest BCUT2D eigenvalue weighted by atomic mass is 10.2. The van der Waals surface area contributed by atoms with Crippen molar-refractivity contribution in [2.45, 2.75) is 51.4 Å². The van der Waals surface area contributed by atoms with Crippen LogP contribution in [0.2, 0.25) is 0 Å². The van der Waals surface area contributed by atoms with E-state index in [4.69, 9.17) is 21.1 Å². The van der Waals surface area contributed by atoms with E-state index in [1.165, 1.54) is 0 Å². The molecule has 0 N–H and O–H groups in total. The van der Waals surface area contributed by atoms with E-state index in [9.17, 15) is 9.59 Å². The van der Waals surface area contributed by atoms with Gasteiger partial charge in [0, 0.05) is 24.1 Å². The molecule has 0 atom stereocenters. The first-order chi connectivity index (χ1) is 11.7. The third-order valence-corrected chi connectivity index (χ3v) is 4.15. The van der Waals surface area contributed by atoms with Crippen molar-refractivity contribution in [2.75, 3.05) is 11.2 Å². The smallest absolute Gasteiger partial charge is 0.311 e. The molecule has 0 aliphatic rings. The van der Waals surface area contributed by atoms with Gasteiger partial charge < -0.3 is 9.47 Å². The van der Waals surface area contributed by atoms with Crippen LogP contribution in [0.3, 0.4) is 0 Å². The molecule has 0 spiro atoms. The maximum Gasteiger partial charge on any atom is 0.311 e. The van der Waals surface area contributed by atoms with Crippen molar-refractivity contribution in [3.63, 3.8) is 0 Å². The molecule has 6 heteroatoms. The van der Waals surface area contributed by atoms with Gasteiger partial charge in [-0.25, -0.2) is 0 Å². The van der Waals surface area contributed by atoms with E-state index in [1.54, 1.807) is 24.3 Å². The lowest BCUT2D eigenvalue weighted by Crippen LogP contribution is -2.12. The molecule has 0 aliphatic carbocycles. The summed E-state index contributed by atoms with van der Waals surface area (Å²) in [6.45, 7) is 0. The van der Waals surface area contributed by atoms with Gasteiger partial charge in [0.1, 0.15) is 0 Å². The molecule has 0 aliphatic heterocycles. The predicted molar refractivity (Wildman–Crippen MR) is 99.2 cm³/mol. The second-order valence-electron chi connectivity index (χ2n) is 5.39. The van der Waals surface area contributed by atoms with Crippen LogP contribution in [0.25, 0.3) is 0 Å². The molecule has 0 unspecified atom stereocenters. The first-order valence-electron chi connectivity index (χ1n) is 8.29. The highest BCUT2D eigenvalue weighted by Crippen LogP contribution is 2.27. The fourth-order valence-electron chi connectivity index (χ4n) is 2.05. The number of ether oxygens (including phenoxy) is 2. The van der Waals surface area contributed by atoms with Crippen LogP contribution in [0.5, 0.6) is 11.5 Å². The Morgan fingerprint density at radius 2 is 1.33 bits per heavy atom. The Kier molecular flexibility index (Phi) is 11.6. The second kappa shape index (κ2) is 13.2. The highest BCUT2D eigenvalue weighted by Gasteiger charge is 2.13. The van der Waals surface area contributed by atoms with Gasteiger partial charge in [0.2, 0.25) is 0 Å². The monoisotopic (exact) mass is 418 g/mol. The Morgan fingerprint density at radius 3 is 1.79 bits per heavy atom. The highest BCUT2D eigenvalue weighted by molar-refractivity contribution is 9.09. The molecule has 0 aromatic heterocycles. The molecule has 0 fully saturated rings. The molecular weight excluding hydrogens is 396 g/mol. The average Bonchev–Trinajstić information content (AvgIpc) is 2.57. The molecule has 1 rings (SSSR count). The van der Waals surface area contributed by atoms with Crippen LogP contribution in [-0.4, -0.2) is 23.1 Å². The number of hydrogen-bond donors (Lipinski definition) is 0. The van der Waals surface area contributed by atoms with Gasteiger partial charge in [0.15, 0.2) is 11.5 Å². The lowest BCUT2D eigenvalue weighted by molar-refractivity contribution is -0.137. The van der Waals surface area contributed by atoms with Crippen LogP contribution in [0.1, 0.15) is 51.4 Å². The van der Waals surface area contributed by atoms with Gasteiger partial charge in [0.05, 0.1) is 0 Å². The van der Waals surface area contributed by atoms with Crippen LogP contribution >= 0.6 is 27.5 Å². The quantitative estimate of drug-likeness (QED) is 0.201. The molecule has 0 saturated heterocycles. The topological polar surface area (TPSA) is 52.6 Å². The first-order valence-corrected chi connectivity index (χ1v) is 9.95. The zero-order valence-electron chi connectivity index (χ0n) is 13.8. The minimum Gasteiger partial charge on any atom is -0.423 e. The minimum absolute atomic E-state index is 0.286. The summed E-state index contributed by atoms with van der Waals surface area (Å²) in [7, 11) is 0. The maximum atomic E-state index is 11.9. The molecule has 134 valence electrons. The number of rotatable bonds is 12. The van der Waals surface area contributed by atoms with Crippen molar-refractivity contribution < 1.29 is 19.1 Å². The summed E-state index contributed by atoms with van der Waals surface area (Å²) in [6.07, 6.45) is 5.99. The number of benzene rings is 1. The first kappa shape index (κ1) is 21.0. The van der Waals surface area contributed by atoms with E-state index < -0.39 is 0 Å². The summed E-state index contributed by atoms with van der Waals surface area (Å²) in [6, 6.07) is 6.74. The van der Waals surface area contributed by atoms with Crippen LogP contribution in [0.15, 0.2) is 24.3 Å². The Hall–Kier alpha value is -1.07. The summed E-state index contributed by atoms with van der Waals surface area (Å²) < 4.78 is 10.6. The number of carbonyl (C=O) groups excluding carboxylic acids is 2. The van der Waals surface area contributed by atoms with E-state index in [2.05, 4.69) is 15.9 Å². The van der Waals surface area contributed by atoms with Gasteiger partial charge in [-0.15, -0.1) is 11.6 Å². The fraction of sp³-hybridized carbons (Fsp3) is 0.556. The van der Waals surface area contributed by atoms with Gasteiger partial charge in [-0.2, -0.15) is 0 Å². The molecule has 0 saturated carbocycles. The number of esters is 2. The molecule has 1 aromatic carbocycles. The third kappa shape index (κ3) is 9.28. The number of carbonyl (C=O) groups is 2. The van der Waals surface area contributed by atoms with Crippen LogP contribution < -0.4 is 9.47 Å². The van der Waals surface area contributed by atoms with Crippen molar-refractivity contribution in [1.29, 1.82) is 0 Å². The number of para-hydroxylation sites is 2. The van der Waals surface area contributed by atoms with Crippen molar-refractivity contribution in [3.8, 4) is 11.5 Å². The zero-order valence-corrected chi connectivity index (χ0v) is 16.1. The molecular formula is C18H24BrClO4.